The third-order valence-corrected chi connectivity index (χ3v) is 2.71. The molecule has 0 aliphatic carbocycles. The summed E-state index contributed by atoms with van der Waals surface area (Å²) in [7, 11) is 0. The quantitative estimate of drug-likeness (QED) is 0.495. The van der Waals surface area contributed by atoms with E-state index in [-0.39, 0.29) is 5.57 Å². The molecular weight excluding hydrogens is 236 g/mol. The average Bonchev–Trinajstić information content (AvgIpc) is 2.42. The zero-order valence-corrected chi connectivity index (χ0v) is 10.9. The van der Waals surface area contributed by atoms with Crippen molar-refractivity contribution in [1.82, 2.24) is 0 Å². The maximum absolute atomic E-state index is 11.3. The second-order valence-electron chi connectivity index (χ2n) is 3.90. The first kappa shape index (κ1) is 14.5. The largest absolute Gasteiger partial charge is 0.478 e. The Morgan fingerprint density at radius 3 is 2.47 bits per heavy atom. The Labute approximate surface area is 113 Å². The van der Waals surface area contributed by atoms with E-state index in [2.05, 4.69) is 19.4 Å². The monoisotopic (exact) mass is 252 g/mol. The lowest BCUT2D eigenvalue weighted by Gasteiger charge is -2.08. The van der Waals surface area contributed by atoms with Gasteiger partial charge in [-0.1, -0.05) is 49.8 Å². The molecular formula is C17H16O2. The summed E-state index contributed by atoms with van der Waals surface area (Å²) in [5.41, 5.74) is 2.62. The average molecular weight is 252 g/mol. The molecule has 96 valence electrons. The summed E-state index contributed by atoms with van der Waals surface area (Å²) in [4.78, 5) is 11.3. The predicted molar refractivity (Wildman–Crippen MR) is 78.5 cm³/mol. The molecule has 0 radical (unpaired) electrons. The Balaban J connectivity index is 3.32. The highest BCUT2D eigenvalue weighted by molar-refractivity contribution is 6.06. The first-order valence-electron chi connectivity index (χ1n) is 5.96. The van der Waals surface area contributed by atoms with Crippen LogP contribution < -0.4 is 0 Å². The van der Waals surface area contributed by atoms with E-state index < -0.39 is 5.97 Å². The molecule has 0 amide bonds. The van der Waals surface area contributed by atoms with E-state index in [4.69, 9.17) is 6.42 Å². The summed E-state index contributed by atoms with van der Waals surface area (Å²) >= 11 is 0. The van der Waals surface area contributed by atoms with Crippen LogP contribution in [0.2, 0.25) is 0 Å². The molecule has 0 atom stereocenters. The van der Waals surface area contributed by atoms with Crippen LogP contribution in [0.3, 0.4) is 0 Å². The zero-order chi connectivity index (χ0) is 14.3. The van der Waals surface area contributed by atoms with Crippen molar-refractivity contribution in [1.29, 1.82) is 0 Å². The molecule has 0 saturated heterocycles. The van der Waals surface area contributed by atoms with E-state index in [0.29, 0.717) is 5.57 Å². The smallest absolute Gasteiger partial charge is 0.336 e. The summed E-state index contributed by atoms with van der Waals surface area (Å²) in [5.74, 6) is 1.36. The topological polar surface area (TPSA) is 37.3 Å². The van der Waals surface area contributed by atoms with Gasteiger partial charge in [-0.05, 0) is 29.7 Å². The third-order valence-electron chi connectivity index (χ3n) is 2.71. The molecule has 0 aliphatic rings. The standard InChI is InChI=1S/C17H16O2/c1-4-7-15(16(8-5-2)17(18)19)14-11-9-13(6-3)10-12-14/h1,5,7-12H,2,6H2,3H3,(H,18,19)/b15-7-,16-8+. The number of carboxylic acid groups (broad SMARTS) is 1. The van der Waals surface area contributed by atoms with E-state index in [1.807, 2.05) is 24.3 Å². The highest BCUT2D eigenvalue weighted by Crippen LogP contribution is 2.24. The molecule has 19 heavy (non-hydrogen) atoms. The van der Waals surface area contributed by atoms with Gasteiger partial charge in [0.05, 0.1) is 5.57 Å². The number of hydrogen-bond acceptors (Lipinski definition) is 1. The zero-order valence-electron chi connectivity index (χ0n) is 10.9. The summed E-state index contributed by atoms with van der Waals surface area (Å²) in [6.07, 6.45) is 10.6. The van der Waals surface area contributed by atoms with Crippen LogP contribution in [0.1, 0.15) is 18.1 Å². The first-order chi connectivity index (χ1) is 9.13. The number of carbonyl (C=O) groups is 1. The number of rotatable bonds is 5. The van der Waals surface area contributed by atoms with Gasteiger partial charge in [-0.3, -0.25) is 0 Å². The minimum absolute atomic E-state index is 0.136. The molecule has 2 heteroatoms. The molecule has 1 rings (SSSR count). The first-order valence-corrected chi connectivity index (χ1v) is 5.96. The fourth-order valence-electron chi connectivity index (χ4n) is 1.71. The maximum Gasteiger partial charge on any atom is 0.336 e. The van der Waals surface area contributed by atoms with Crippen LogP contribution in [0.5, 0.6) is 0 Å². The molecule has 0 spiro atoms. The molecule has 0 bridgehead atoms. The Morgan fingerprint density at radius 1 is 1.42 bits per heavy atom. The summed E-state index contributed by atoms with van der Waals surface area (Å²) in [6, 6.07) is 7.68. The van der Waals surface area contributed by atoms with Crippen LogP contribution in [0, 0.1) is 12.3 Å². The number of aliphatic carboxylic acids is 1. The predicted octanol–water partition coefficient (Wildman–Crippen LogP) is 3.46. The van der Waals surface area contributed by atoms with Crippen LogP contribution in [0.4, 0.5) is 0 Å². The molecule has 0 aliphatic heterocycles. The normalized spacial score (nSPS) is 11.8. The van der Waals surface area contributed by atoms with Crippen molar-refractivity contribution in [2.24, 2.45) is 0 Å². The number of terminal acetylenes is 1. The fraction of sp³-hybridized carbons (Fsp3) is 0.118. The van der Waals surface area contributed by atoms with E-state index in [0.717, 1.165) is 12.0 Å². The Bertz CT molecular complexity index is 566. The van der Waals surface area contributed by atoms with Crippen LogP contribution in [0.25, 0.3) is 5.57 Å². The molecule has 0 aromatic heterocycles. The van der Waals surface area contributed by atoms with Gasteiger partial charge in [0.1, 0.15) is 0 Å². The lowest BCUT2D eigenvalue weighted by Crippen LogP contribution is -2.03. The number of carboxylic acids is 1. The van der Waals surface area contributed by atoms with Gasteiger partial charge < -0.3 is 5.11 Å². The van der Waals surface area contributed by atoms with Crippen LogP contribution in [-0.2, 0) is 11.2 Å². The van der Waals surface area contributed by atoms with Crippen molar-refractivity contribution in [3.63, 3.8) is 0 Å². The van der Waals surface area contributed by atoms with Gasteiger partial charge in [-0.25, -0.2) is 4.79 Å². The number of benzene rings is 1. The summed E-state index contributed by atoms with van der Waals surface area (Å²) in [5, 5.41) is 9.24. The van der Waals surface area contributed by atoms with Crippen LogP contribution in [-0.4, -0.2) is 11.1 Å². The number of hydrogen-bond donors (Lipinski definition) is 1. The minimum Gasteiger partial charge on any atom is -0.478 e. The Morgan fingerprint density at radius 2 is 2.05 bits per heavy atom. The fourth-order valence-corrected chi connectivity index (χ4v) is 1.71. The molecule has 1 aromatic carbocycles. The Kier molecular flexibility index (Phi) is 5.37. The lowest BCUT2D eigenvalue weighted by molar-refractivity contribution is -0.132. The van der Waals surface area contributed by atoms with Crippen molar-refractivity contribution < 1.29 is 9.90 Å². The Hall–Kier alpha value is -2.53. The van der Waals surface area contributed by atoms with E-state index in [1.54, 1.807) is 0 Å². The van der Waals surface area contributed by atoms with E-state index in [1.165, 1.54) is 23.8 Å². The maximum atomic E-state index is 11.3. The molecule has 1 aromatic rings. The highest BCUT2D eigenvalue weighted by Gasteiger charge is 2.14. The van der Waals surface area contributed by atoms with Crippen molar-refractivity contribution in [2.75, 3.05) is 0 Å². The minimum atomic E-state index is -1.03. The van der Waals surface area contributed by atoms with E-state index >= 15 is 0 Å². The number of aryl methyl sites for hydroxylation is 1. The second kappa shape index (κ2) is 7.03. The van der Waals surface area contributed by atoms with Crippen molar-refractivity contribution >= 4 is 11.5 Å². The molecule has 1 N–H and O–H groups in total. The molecule has 0 fully saturated rings. The molecule has 0 saturated carbocycles. The van der Waals surface area contributed by atoms with Gasteiger partial charge in [-0.2, -0.15) is 0 Å². The summed E-state index contributed by atoms with van der Waals surface area (Å²) in [6.45, 7) is 5.59. The highest BCUT2D eigenvalue weighted by atomic mass is 16.4. The molecule has 0 unspecified atom stereocenters. The van der Waals surface area contributed by atoms with Crippen LogP contribution in [0.15, 0.2) is 54.6 Å². The van der Waals surface area contributed by atoms with Crippen molar-refractivity contribution in [3.05, 3.63) is 65.8 Å². The summed E-state index contributed by atoms with van der Waals surface area (Å²) < 4.78 is 0. The van der Waals surface area contributed by atoms with Crippen molar-refractivity contribution in [2.45, 2.75) is 13.3 Å². The van der Waals surface area contributed by atoms with E-state index in [9.17, 15) is 9.90 Å². The van der Waals surface area contributed by atoms with Crippen molar-refractivity contribution in [3.8, 4) is 12.3 Å². The van der Waals surface area contributed by atoms with Crippen LogP contribution >= 0.6 is 0 Å². The SMILES string of the molecule is C#C/C=C(\C(=C/C=C)C(=O)O)c1ccc(CC)cc1. The van der Waals surface area contributed by atoms with Gasteiger partial charge in [0.2, 0.25) is 0 Å². The van der Waals surface area contributed by atoms with Gasteiger partial charge in [0.25, 0.3) is 0 Å². The van der Waals surface area contributed by atoms with Gasteiger partial charge in [-0.15, -0.1) is 6.42 Å². The van der Waals surface area contributed by atoms with Gasteiger partial charge in [0.15, 0.2) is 0 Å². The third kappa shape index (κ3) is 3.72. The molecule has 2 nitrogen and oxygen atoms in total. The van der Waals surface area contributed by atoms with Gasteiger partial charge in [0, 0.05) is 5.57 Å². The lowest BCUT2D eigenvalue weighted by atomic mass is 9.96. The second-order valence-corrected chi connectivity index (χ2v) is 3.90. The van der Waals surface area contributed by atoms with Gasteiger partial charge >= 0.3 is 5.97 Å². The molecule has 0 heterocycles. The number of allylic oxidation sites excluding steroid dienone is 3.